The number of hydrogen-bond donors (Lipinski definition) is 0. The Hall–Kier alpha value is -7.62. The van der Waals surface area contributed by atoms with Gasteiger partial charge in [0.05, 0.1) is 11.4 Å². The molecule has 0 amide bonds. The summed E-state index contributed by atoms with van der Waals surface area (Å²) >= 11 is 0. The van der Waals surface area contributed by atoms with Gasteiger partial charge in [-0.1, -0.05) is 176 Å². The zero-order valence-corrected chi connectivity index (χ0v) is 31.0. The molecule has 3 nitrogen and oxygen atoms in total. The molecule has 11 aromatic rings. The minimum absolute atomic E-state index is 0.834. The molecule has 0 aliphatic rings. The molecule has 9 aromatic carbocycles. The molecule has 0 saturated carbocycles. The van der Waals surface area contributed by atoms with Crippen molar-refractivity contribution < 1.29 is 8.83 Å². The lowest BCUT2D eigenvalue weighted by molar-refractivity contribution is 0.669. The van der Waals surface area contributed by atoms with E-state index in [-0.39, 0.29) is 0 Å². The summed E-state index contributed by atoms with van der Waals surface area (Å²) in [5.74, 6) is 0. The molecule has 3 heteroatoms. The second-order valence-electron chi connectivity index (χ2n) is 14.4. The molecule has 0 bridgehead atoms. The van der Waals surface area contributed by atoms with Crippen LogP contribution in [0.5, 0.6) is 0 Å². The highest BCUT2D eigenvalue weighted by atomic mass is 16.3. The fourth-order valence-electron chi connectivity index (χ4n) is 8.54. The molecule has 0 atom stereocenters. The van der Waals surface area contributed by atoms with Crippen LogP contribution in [0.4, 0.5) is 17.1 Å². The largest absolute Gasteiger partial charge is 0.455 e. The number of hydrogen-bond acceptors (Lipinski definition) is 3. The highest BCUT2D eigenvalue weighted by Crippen LogP contribution is 2.48. The lowest BCUT2D eigenvalue weighted by atomic mass is 9.88. The van der Waals surface area contributed by atoms with Crippen molar-refractivity contribution in [2.45, 2.75) is 0 Å². The Morgan fingerprint density at radius 3 is 1.47 bits per heavy atom. The van der Waals surface area contributed by atoms with E-state index in [0.717, 1.165) is 88.8 Å². The molecule has 0 aliphatic carbocycles. The first-order valence-corrected chi connectivity index (χ1v) is 19.3. The van der Waals surface area contributed by atoms with Crippen LogP contribution in [0.1, 0.15) is 0 Å². The number of anilines is 3. The van der Waals surface area contributed by atoms with Gasteiger partial charge in [-0.3, -0.25) is 0 Å². The minimum Gasteiger partial charge on any atom is -0.455 e. The van der Waals surface area contributed by atoms with E-state index < -0.39 is 0 Å². The molecule has 0 spiro atoms. The quantitative estimate of drug-likeness (QED) is 0.164. The zero-order valence-electron chi connectivity index (χ0n) is 31.0. The van der Waals surface area contributed by atoms with Gasteiger partial charge in [-0.15, -0.1) is 0 Å². The summed E-state index contributed by atoms with van der Waals surface area (Å²) in [4.78, 5) is 2.36. The monoisotopic (exact) mass is 729 g/mol. The van der Waals surface area contributed by atoms with Crippen LogP contribution in [-0.2, 0) is 0 Å². The first kappa shape index (κ1) is 32.8. The summed E-state index contributed by atoms with van der Waals surface area (Å²) in [6, 6.07) is 75.1. The maximum atomic E-state index is 6.76. The third-order valence-corrected chi connectivity index (χ3v) is 11.1. The van der Waals surface area contributed by atoms with Crippen molar-refractivity contribution in [2.75, 3.05) is 4.90 Å². The van der Waals surface area contributed by atoms with E-state index in [2.05, 4.69) is 193 Å². The maximum absolute atomic E-state index is 6.76. The third kappa shape index (κ3) is 5.51. The topological polar surface area (TPSA) is 29.5 Å². The van der Waals surface area contributed by atoms with Gasteiger partial charge in [0.15, 0.2) is 5.58 Å². The van der Waals surface area contributed by atoms with Gasteiger partial charge in [-0.05, 0) is 69.8 Å². The number of furan rings is 2. The Morgan fingerprint density at radius 2 is 0.737 bits per heavy atom. The Kier molecular flexibility index (Phi) is 7.82. The highest BCUT2D eigenvalue weighted by molar-refractivity contribution is 6.12. The second kappa shape index (κ2) is 13.6. The summed E-state index contributed by atoms with van der Waals surface area (Å²) in [7, 11) is 0. The lowest BCUT2D eigenvalue weighted by Gasteiger charge is -2.29. The fourth-order valence-corrected chi connectivity index (χ4v) is 8.54. The predicted molar refractivity (Wildman–Crippen MR) is 237 cm³/mol. The minimum atomic E-state index is 0.834. The van der Waals surface area contributed by atoms with Crippen molar-refractivity contribution >= 4 is 60.9 Å². The Bertz CT molecular complexity index is 3260. The average molecular weight is 730 g/mol. The average Bonchev–Trinajstić information content (AvgIpc) is 3.86. The molecule has 0 radical (unpaired) electrons. The van der Waals surface area contributed by atoms with E-state index in [1.807, 2.05) is 24.3 Å². The van der Waals surface area contributed by atoms with Gasteiger partial charge in [-0.2, -0.15) is 0 Å². The smallest absolute Gasteiger partial charge is 0.159 e. The summed E-state index contributed by atoms with van der Waals surface area (Å²) in [6.45, 7) is 0. The standard InChI is InChI=1S/C54H35NO2/c1-2-17-36(18-3-1)39-21-4-5-22-41(39)42-23-6-7-24-43(42)44-25-8-11-31-49(44)55(50-32-16-30-48-46-27-10-13-34-52(46)57-54(48)50)38-20-14-19-37(35-38)40-28-15-29-47-45-26-9-12-33-51(45)56-53(40)47/h1-35H. The van der Waals surface area contributed by atoms with E-state index in [1.54, 1.807) is 0 Å². The number of benzene rings is 9. The van der Waals surface area contributed by atoms with Crippen molar-refractivity contribution in [3.8, 4) is 44.5 Å². The molecular weight excluding hydrogens is 695 g/mol. The summed E-state index contributed by atoms with van der Waals surface area (Å²) in [5.41, 5.74) is 15.5. The van der Waals surface area contributed by atoms with E-state index >= 15 is 0 Å². The van der Waals surface area contributed by atoms with Crippen LogP contribution in [-0.4, -0.2) is 0 Å². The molecule has 268 valence electrons. The number of fused-ring (bicyclic) bond motifs is 6. The maximum Gasteiger partial charge on any atom is 0.159 e. The Balaban J connectivity index is 1.16. The van der Waals surface area contributed by atoms with E-state index in [4.69, 9.17) is 8.83 Å². The highest BCUT2D eigenvalue weighted by Gasteiger charge is 2.24. The van der Waals surface area contributed by atoms with Crippen molar-refractivity contribution in [1.29, 1.82) is 0 Å². The number of nitrogens with zero attached hydrogens (tertiary/aromatic N) is 1. The van der Waals surface area contributed by atoms with Crippen LogP contribution in [0, 0.1) is 0 Å². The SMILES string of the molecule is c1ccc(-c2ccccc2-c2ccccc2-c2ccccc2N(c2cccc(-c3cccc4c3oc3ccccc34)c2)c2cccc3c2oc2ccccc23)cc1. The summed E-state index contributed by atoms with van der Waals surface area (Å²) in [5, 5.41) is 4.39. The molecule has 0 fully saturated rings. The summed E-state index contributed by atoms with van der Waals surface area (Å²) < 4.78 is 13.3. The predicted octanol–water partition coefficient (Wildman–Crippen LogP) is 15.6. The van der Waals surface area contributed by atoms with Crippen LogP contribution in [0.15, 0.2) is 221 Å². The van der Waals surface area contributed by atoms with E-state index in [1.165, 1.54) is 16.7 Å². The van der Waals surface area contributed by atoms with Crippen molar-refractivity contribution in [2.24, 2.45) is 0 Å². The van der Waals surface area contributed by atoms with Gasteiger partial charge in [-0.25, -0.2) is 0 Å². The van der Waals surface area contributed by atoms with E-state index in [9.17, 15) is 0 Å². The van der Waals surface area contributed by atoms with E-state index in [0.29, 0.717) is 0 Å². The molecule has 2 heterocycles. The molecule has 0 N–H and O–H groups in total. The molecule has 0 aliphatic heterocycles. The van der Waals surface area contributed by atoms with Gasteiger partial charge in [0.25, 0.3) is 0 Å². The normalized spacial score (nSPS) is 11.5. The van der Waals surface area contributed by atoms with Crippen molar-refractivity contribution in [3.63, 3.8) is 0 Å². The van der Waals surface area contributed by atoms with Crippen LogP contribution in [0.2, 0.25) is 0 Å². The molecule has 11 rings (SSSR count). The van der Waals surface area contributed by atoms with Gasteiger partial charge >= 0.3 is 0 Å². The molecule has 2 aromatic heterocycles. The Labute approximate surface area is 330 Å². The molecule has 0 unspecified atom stereocenters. The first-order chi connectivity index (χ1) is 28.3. The van der Waals surface area contributed by atoms with Gasteiger partial charge in [0.1, 0.15) is 16.7 Å². The van der Waals surface area contributed by atoms with Crippen molar-refractivity contribution in [1.82, 2.24) is 0 Å². The second-order valence-corrected chi connectivity index (χ2v) is 14.4. The Morgan fingerprint density at radius 1 is 0.281 bits per heavy atom. The third-order valence-electron chi connectivity index (χ3n) is 11.1. The van der Waals surface area contributed by atoms with Crippen LogP contribution in [0.25, 0.3) is 88.4 Å². The molecule has 0 saturated heterocycles. The van der Waals surface area contributed by atoms with Crippen molar-refractivity contribution in [3.05, 3.63) is 212 Å². The fraction of sp³-hybridized carbons (Fsp3) is 0. The van der Waals surface area contributed by atoms with Gasteiger partial charge < -0.3 is 13.7 Å². The van der Waals surface area contributed by atoms with Gasteiger partial charge in [0.2, 0.25) is 0 Å². The number of para-hydroxylation sites is 5. The van der Waals surface area contributed by atoms with Crippen LogP contribution < -0.4 is 4.90 Å². The lowest BCUT2D eigenvalue weighted by Crippen LogP contribution is -2.12. The van der Waals surface area contributed by atoms with Crippen LogP contribution >= 0.6 is 0 Å². The summed E-state index contributed by atoms with van der Waals surface area (Å²) in [6.07, 6.45) is 0. The zero-order chi connectivity index (χ0) is 37.7. The molecular formula is C54H35NO2. The number of rotatable bonds is 7. The van der Waals surface area contributed by atoms with Crippen LogP contribution in [0.3, 0.4) is 0 Å². The first-order valence-electron chi connectivity index (χ1n) is 19.3. The van der Waals surface area contributed by atoms with Gasteiger partial charge in [0, 0.05) is 38.4 Å². The molecule has 57 heavy (non-hydrogen) atoms.